The van der Waals surface area contributed by atoms with Crippen molar-refractivity contribution in [3.8, 4) is 0 Å². The first-order valence-corrected chi connectivity index (χ1v) is 15.5. The lowest BCUT2D eigenvalue weighted by Gasteiger charge is -2.50. The molecular formula is C26H38O9S2. The molecule has 0 aliphatic heterocycles. The number of ether oxygens (including phenoxy) is 1. The highest BCUT2D eigenvalue weighted by Crippen LogP contribution is 2.55. The lowest BCUT2D eigenvalue weighted by molar-refractivity contribution is -0.183. The van der Waals surface area contributed by atoms with Crippen LogP contribution in [-0.2, 0) is 23.9 Å². The molecule has 6 rings (SSSR count). The molecule has 6 saturated carbocycles. The Labute approximate surface area is 225 Å². The molecule has 11 heteroatoms. The summed E-state index contributed by atoms with van der Waals surface area (Å²) in [6.45, 7) is 0.158. The first kappa shape index (κ1) is 28.7. The number of thioether (sulfide) groups is 2. The van der Waals surface area contributed by atoms with Crippen molar-refractivity contribution in [2.75, 3.05) is 24.7 Å². The number of esters is 2. The molecule has 4 bridgehead atoms. The smallest absolute Gasteiger partial charge is 0.317 e. The van der Waals surface area contributed by atoms with E-state index < -0.39 is 47.5 Å². The van der Waals surface area contributed by atoms with Crippen molar-refractivity contribution in [1.29, 1.82) is 0 Å². The number of aliphatic carboxylic acids is 2. The quantitative estimate of drug-likeness (QED) is 0.158. The van der Waals surface area contributed by atoms with Crippen LogP contribution in [0.1, 0.15) is 51.4 Å². The lowest BCUT2D eigenvalue weighted by Crippen LogP contribution is -2.55. The summed E-state index contributed by atoms with van der Waals surface area (Å²) in [5.41, 5.74) is 0. The van der Waals surface area contributed by atoms with E-state index in [-0.39, 0.29) is 47.4 Å². The summed E-state index contributed by atoms with van der Waals surface area (Å²) in [6.07, 6.45) is 5.44. The van der Waals surface area contributed by atoms with Gasteiger partial charge >= 0.3 is 23.9 Å². The molecule has 10 unspecified atom stereocenters. The number of carbonyl (C=O) groups is 4. The Kier molecular flexibility index (Phi) is 9.85. The van der Waals surface area contributed by atoms with Crippen molar-refractivity contribution in [2.24, 2.45) is 47.3 Å². The number of carboxylic acid groups (broad SMARTS) is 2. The Morgan fingerprint density at radius 1 is 0.649 bits per heavy atom. The van der Waals surface area contributed by atoms with E-state index in [2.05, 4.69) is 0 Å². The van der Waals surface area contributed by atoms with Crippen LogP contribution in [-0.4, -0.2) is 79.5 Å². The van der Waals surface area contributed by atoms with E-state index >= 15 is 0 Å². The number of carbonyl (C=O) groups excluding carboxylic acids is 2. The van der Waals surface area contributed by atoms with E-state index in [0.29, 0.717) is 51.4 Å². The fourth-order valence-corrected chi connectivity index (χ4v) is 10.6. The van der Waals surface area contributed by atoms with Crippen LogP contribution in [0.15, 0.2) is 0 Å². The number of carboxylic acids is 2. The standard InChI is InChI=1S/C26H38O9S2/c27-7-1-9-36-17-11-13-3-5-15(17)21(23(29)30)19(13)25(33)35-26(34)20-14-4-6-16(22(20)24(31)32)18(12-14)37-10-2-8-28/h13-22,27-28H,1-12H2,(H,29,30)(H,31,32). The molecule has 6 fully saturated rings. The number of rotatable bonds is 12. The minimum absolute atomic E-state index is 0.0791. The molecule has 10 atom stereocenters. The van der Waals surface area contributed by atoms with E-state index in [0.717, 1.165) is 11.5 Å². The highest BCUT2D eigenvalue weighted by atomic mass is 32.2. The Hall–Kier alpha value is -1.30. The van der Waals surface area contributed by atoms with Crippen molar-refractivity contribution >= 4 is 47.4 Å². The minimum atomic E-state index is -1.06. The van der Waals surface area contributed by atoms with Crippen LogP contribution in [0.3, 0.4) is 0 Å². The predicted molar refractivity (Wildman–Crippen MR) is 138 cm³/mol. The van der Waals surface area contributed by atoms with Gasteiger partial charge in [-0.1, -0.05) is 0 Å². The third kappa shape index (κ3) is 5.99. The molecule has 6 aliphatic rings. The van der Waals surface area contributed by atoms with Gasteiger partial charge in [0, 0.05) is 23.7 Å². The maximum Gasteiger partial charge on any atom is 0.317 e. The number of hydrogen-bond acceptors (Lipinski definition) is 9. The van der Waals surface area contributed by atoms with Crippen LogP contribution in [0.2, 0.25) is 0 Å². The fraction of sp³-hybridized carbons (Fsp3) is 0.846. The average Bonchev–Trinajstić information content (AvgIpc) is 2.88. The SMILES string of the molecule is O=C(OC(=O)C1C2CCC(C(SCCCO)C2)C1C(=O)O)C1C2CCC(C(SCCCO)C2)C1C(=O)O. The molecule has 0 spiro atoms. The highest BCUT2D eigenvalue weighted by molar-refractivity contribution is 8.00. The molecule has 37 heavy (non-hydrogen) atoms. The fourth-order valence-electron chi connectivity index (χ4n) is 7.53. The molecule has 0 radical (unpaired) electrons. The van der Waals surface area contributed by atoms with Crippen LogP contribution in [0.5, 0.6) is 0 Å². The second kappa shape index (κ2) is 12.7. The summed E-state index contributed by atoms with van der Waals surface area (Å²) >= 11 is 3.30. The van der Waals surface area contributed by atoms with Crippen molar-refractivity contribution in [3.05, 3.63) is 0 Å². The van der Waals surface area contributed by atoms with Gasteiger partial charge in [-0.25, -0.2) is 0 Å². The summed E-state index contributed by atoms with van der Waals surface area (Å²) in [7, 11) is 0. The van der Waals surface area contributed by atoms with Gasteiger partial charge in [0.1, 0.15) is 0 Å². The number of hydrogen-bond donors (Lipinski definition) is 4. The largest absolute Gasteiger partial charge is 0.481 e. The van der Waals surface area contributed by atoms with Crippen molar-refractivity contribution in [2.45, 2.75) is 61.9 Å². The summed E-state index contributed by atoms with van der Waals surface area (Å²) in [5, 5.41) is 38.4. The second-order valence-corrected chi connectivity index (χ2v) is 13.7. The predicted octanol–water partition coefficient (Wildman–Crippen LogP) is 2.52. The van der Waals surface area contributed by atoms with Crippen molar-refractivity contribution < 1.29 is 44.3 Å². The van der Waals surface area contributed by atoms with Crippen LogP contribution in [0.4, 0.5) is 0 Å². The molecule has 6 aliphatic carbocycles. The van der Waals surface area contributed by atoms with Gasteiger partial charge in [-0.05, 0) is 86.5 Å². The number of aliphatic hydroxyl groups is 2. The minimum Gasteiger partial charge on any atom is -0.481 e. The molecule has 4 N–H and O–H groups in total. The van der Waals surface area contributed by atoms with E-state index in [4.69, 9.17) is 14.9 Å². The number of aliphatic hydroxyl groups excluding tert-OH is 2. The van der Waals surface area contributed by atoms with Gasteiger partial charge in [0.25, 0.3) is 0 Å². The third-order valence-electron chi connectivity index (χ3n) is 9.06. The molecule has 0 heterocycles. The van der Waals surface area contributed by atoms with Crippen LogP contribution in [0, 0.1) is 47.3 Å². The van der Waals surface area contributed by atoms with Crippen molar-refractivity contribution in [3.63, 3.8) is 0 Å². The molecule has 0 amide bonds. The first-order chi connectivity index (χ1) is 17.8. The maximum absolute atomic E-state index is 13.3. The highest BCUT2D eigenvalue weighted by Gasteiger charge is 2.58. The first-order valence-electron chi connectivity index (χ1n) is 13.4. The van der Waals surface area contributed by atoms with Gasteiger partial charge in [0.2, 0.25) is 0 Å². The van der Waals surface area contributed by atoms with Gasteiger partial charge in [0.05, 0.1) is 23.7 Å². The molecular weight excluding hydrogens is 520 g/mol. The summed E-state index contributed by atoms with van der Waals surface area (Å²) < 4.78 is 5.38. The Morgan fingerprint density at radius 3 is 1.41 bits per heavy atom. The van der Waals surface area contributed by atoms with Crippen LogP contribution >= 0.6 is 23.5 Å². The zero-order valence-electron chi connectivity index (χ0n) is 20.9. The van der Waals surface area contributed by atoms with E-state index in [1.54, 1.807) is 23.5 Å². The van der Waals surface area contributed by atoms with Gasteiger partial charge in [-0.15, -0.1) is 0 Å². The molecule has 9 nitrogen and oxygen atoms in total. The van der Waals surface area contributed by atoms with E-state index in [1.807, 2.05) is 0 Å². The topological polar surface area (TPSA) is 158 Å². The monoisotopic (exact) mass is 558 g/mol. The molecule has 0 aromatic heterocycles. The third-order valence-corrected chi connectivity index (χ3v) is 12.1. The Bertz CT molecular complexity index is 799. The number of fused-ring (bicyclic) bond motifs is 6. The molecule has 0 aromatic carbocycles. The molecule has 0 aromatic rings. The van der Waals surface area contributed by atoms with Gasteiger partial charge < -0.3 is 25.2 Å². The van der Waals surface area contributed by atoms with E-state index in [1.165, 1.54) is 0 Å². The zero-order valence-corrected chi connectivity index (χ0v) is 22.5. The summed E-state index contributed by atoms with van der Waals surface area (Å²) in [5.74, 6) is -6.73. The van der Waals surface area contributed by atoms with Gasteiger partial charge in [-0.3, -0.25) is 19.2 Å². The van der Waals surface area contributed by atoms with E-state index in [9.17, 15) is 29.4 Å². The molecule has 0 saturated heterocycles. The van der Waals surface area contributed by atoms with Gasteiger partial charge in [0.15, 0.2) is 0 Å². The van der Waals surface area contributed by atoms with Crippen molar-refractivity contribution in [1.82, 2.24) is 0 Å². The summed E-state index contributed by atoms with van der Waals surface area (Å²) in [6, 6.07) is 0. The second-order valence-electron chi connectivity index (χ2n) is 11.0. The van der Waals surface area contributed by atoms with Gasteiger partial charge in [-0.2, -0.15) is 23.5 Å². The molecule has 208 valence electrons. The van der Waals surface area contributed by atoms with Crippen LogP contribution in [0.25, 0.3) is 0 Å². The lowest BCUT2D eigenvalue weighted by atomic mass is 9.58. The Morgan fingerprint density at radius 2 is 1.05 bits per heavy atom. The normalized spacial score (nSPS) is 38.3. The average molecular weight is 559 g/mol. The zero-order chi connectivity index (χ0) is 26.7. The maximum atomic E-state index is 13.3. The summed E-state index contributed by atoms with van der Waals surface area (Å²) in [4.78, 5) is 51.2. The van der Waals surface area contributed by atoms with Crippen LogP contribution < -0.4 is 0 Å². The Balaban J connectivity index is 1.45.